The summed E-state index contributed by atoms with van der Waals surface area (Å²) in [5, 5.41) is 18.8. The van der Waals surface area contributed by atoms with Crippen molar-refractivity contribution in [2.45, 2.75) is 43.0 Å². The van der Waals surface area contributed by atoms with Gasteiger partial charge in [-0.2, -0.15) is 0 Å². The van der Waals surface area contributed by atoms with Gasteiger partial charge in [0.15, 0.2) is 5.16 Å². The van der Waals surface area contributed by atoms with E-state index in [4.69, 9.17) is 0 Å². The van der Waals surface area contributed by atoms with Gasteiger partial charge in [0.1, 0.15) is 6.33 Å². The summed E-state index contributed by atoms with van der Waals surface area (Å²) < 4.78 is 2.08. The van der Waals surface area contributed by atoms with E-state index in [1.807, 2.05) is 4.90 Å². The van der Waals surface area contributed by atoms with E-state index in [0.29, 0.717) is 23.6 Å². The van der Waals surface area contributed by atoms with Gasteiger partial charge in [-0.3, -0.25) is 4.79 Å². The minimum atomic E-state index is -0.210. The highest BCUT2D eigenvalue weighted by molar-refractivity contribution is 7.99. The van der Waals surface area contributed by atoms with E-state index in [1.54, 1.807) is 6.33 Å². The van der Waals surface area contributed by atoms with Crippen molar-refractivity contribution in [1.29, 1.82) is 0 Å². The summed E-state index contributed by atoms with van der Waals surface area (Å²) in [5.74, 6) is 1.38. The topological polar surface area (TPSA) is 71.2 Å². The maximum Gasteiger partial charge on any atom is 0.233 e. The number of rotatable bonds is 4. The van der Waals surface area contributed by atoms with Gasteiger partial charge in [0.05, 0.1) is 11.9 Å². The maximum absolute atomic E-state index is 12.3. The van der Waals surface area contributed by atoms with Crippen molar-refractivity contribution in [2.75, 3.05) is 18.8 Å². The van der Waals surface area contributed by atoms with Crippen molar-refractivity contribution in [3.63, 3.8) is 0 Å². The average molecular weight is 308 g/mol. The van der Waals surface area contributed by atoms with E-state index in [0.717, 1.165) is 31.1 Å². The molecular formula is C14H20N4O2S. The molecule has 6 nitrogen and oxygen atoms in total. The minimum Gasteiger partial charge on any atom is -0.393 e. The fourth-order valence-electron chi connectivity index (χ4n) is 3.60. The Bertz CT molecular complexity index is 545. The normalized spacial score (nSPS) is 31.7. The number of fused-ring (bicyclic) bond motifs is 1. The molecule has 0 bridgehead atoms. The molecule has 114 valence electrons. The lowest BCUT2D eigenvalue weighted by Crippen LogP contribution is -2.32. The van der Waals surface area contributed by atoms with Gasteiger partial charge in [-0.25, -0.2) is 0 Å². The molecule has 0 aromatic carbocycles. The van der Waals surface area contributed by atoms with Crippen LogP contribution >= 0.6 is 11.8 Å². The number of amides is 1. The van der Waals surface area contributed by atoms with Crippen molar-refractivity contribution in [1.82, 2.24) is 19.7 Å². The quantitative estimate of drug-likeness (QED) is 0.838. The third kappa shape index (κ3) is 2.57. The first kappa shape index (κ1) is 13.6. The van der Waals surface area contributed by atoms with Gasteiger partial charge in [0, 0.05) is 25.0 Å². The number of aliphatic hydroxyl groups excluding tert-OH is 1. The van der Waals surface area contributed by atoms with Crippen molar-refractivity contribution in [2.24, 2.45) is 11.8 Å². The summed E-state index contributed by atoms with van der Waals surface area (Å²) >= 11 is 1.48. The van der Waals surface area contributed by atoms with E-state index < -0.39 is 0 Å². The zero-order valence-corrected chi connectivity index (χ0v) is 12.7. The minimum absolute atomic E-state index is 0.159. The molecule has 1 amide bonds. The number of likely N-dealkylation sites (tertiary alicyclic amines) is 1. The summed E-state index contributed by atoms with van der Waals surface area (Å²) in [6.45, 7) is 1.54. The molecule has 21 heavy (non-hydrogen) atoms. The molecule has 1 aromatic rings. The Balaban J connectivity index is 1.33. The van der Waals surface area contributed by atoms with Crippen molar-refractivity contribution < 1.29 is 9.90 Å². The Morgan fingerprint density at radius 1 is 1.33 bits per heavy atom. The largest absolute Gasteiger partial charge is 0.393 e. The average Bonchev–Trinajstić information content (AvgIpc) is 2.94. The van der Waals surface area contributed by atoms with E-state index >= 15 is 0 Å². The molecule has 1 saturated heterocycles. The van der Waals surface area contributed by atoms with Crippen LogP contribution in [0.4, 0.5) is 0 Å². The van der Waals surface area contributed by atoms with Crippen LogP contribution in [0.5, 0.6) is 0 Å². The number of thioether (sulfide) groups is 1. The number of carbonyl (C=O) groups is 1. The molecule has 0 radical (unpaired) electrons. The van der Waals surface area contributed by atoms with Crippen LogP contribution < -0.4 is 0 Å². The molecule has 1 aliphatic heterocycles. The fourth-order valence-corrected chi connectivity index (χ4v) is 4.48. The molecule has 3 unspecified atom stereocenters. The van der Waals surface area contributed by atoms with Gasteiger partial charge in [0.25, 0.3) is 0 Å². The first-order valence-electron chi connectivity index (χ1n) is 7.70. The Morgan fingerprint density at radius 3 is 2.95 bits per heavy atom. The summed E-state index contributed by atoms with van der Waals surface area (Å²) in [6.07, 6.45) is 5.88. The van der Waals surface area contributed by atoms with Crippen LogP contribution in [0.25, 0.3) is 0 Å². The highest BCUT2D eigenvalue weighted by atomic mass is 32.2. The number of aliphatic hydroxyl groups is 1. The number of aromatic nitrogens is 3. The monoisotopic (exact) mass is 308 g/mol. The highest BCUT2D eigenvalue weighted by Gasteiger charge is 2.43. The zero-order valence-electron chi connectivity index (χ0n) is 11.9. The Morgan fingerprint density at radius 2 is 2.19 bits per heavy atom. The number of carbonyl (C=O) groups excluding carboxylic acids is 1. The van der Waals surface area contributed by atoms with Crippen LogP contribution in [0.3, 0.4) is 0 Å². The number of hydrogen-bond acceptors (Lipinski definition) is 5. The van der Waals surface area contributed by atoms with E-state index in [2.05, 4.69) is 14.8 Å². The van der Waals surface area contributed by atoms with Crippen LogP contribution in [0.15, 0.2) is 11.5 Å². The summed E-state index contributed by atoms with van der Waals surface area (Å²) in [7, 11) is 0. The molecule has 7 heteroatoms. The number of nitrogens with zero attached hydrogens (tertiary/aromatic N) is 4. The second-order valence-electron chi connectivity index (χ2n) is 6.41. The second-order valence-corrected chi connectivity index (χ2v) is 7.35. The van der Waals surface area contributed by atoms with Crippen LogP contribution in [-0.4, -0.2) is 55.6 Å². The van der Waals surface area contributed by atoms with Crippen LogP contribution in [0.1, 0.15) is 31.7 Å². The lowest BCUT2D eigenvalue weighted by Gasteiger charge is -2.18. The van der Waals surface area contributed by atoms with E-state index in [-0.39, 0.29) is 12.0 Å². The van der Waals surface area contributed by atoms with Crippen LogP contribution in [-0.2, 0) is 4.79 Å². The van der Waals surface area contributed by atoms with Gasteiger partial charge in [0.2, 0.25) is 5.91 Å². The lowest BCUT2D eigenvalue weighted by molar-refractivity contribution is -0.127. The van der Waals surface area contributed by atoms with Crippen LogP contribution in [0.2, 0.25) is 0 Å². The van der Waals surface area contributed by atoms with Crippen molar-refractivity contribution in [3.8, 4) is 0 Å². The van der Waals surface area contributed by atoms with Gasteiger partial charge in [-0.15, -0.1) is 10.2 Å². The maximum atomic E-state index is 12.3. The first-order chi connectivity index (χ1) is 10.2. The Labute approximate surface area is 127 Å². The molecule has 0 spiro atoms. The summed E-state index contributed by atoms with van der Waals surface area (Å²) in [5.41, 5.74) is 0. The van der Waals surface area contributed by atoms with E-state index in [1.165, 1.54) is 24.6 Å². The zero-order chi connectivity index (χ0) is 14.4. The third-order valence-corrected chi connectivity index (χ3v) is 5.92. The standard InChI is InChI=1S/C14H20N4O2S/c19-12-4-1-9-5-17(6-11(9)12)13(20)7-21-14-16-15-8-18(14)10-2-3-10/h8-12,19H,1-7H2. The predicted octanol–water partition coefficient (Wildman–Crippen LogP) is 0.934. The molecule has 3 fully saturated rings. The lowest BCUT2D eigenvalue weighted by atomic mass is 10.00. The molecule has 2 heterocycles. The Kier molecular flexibility index (Phi) is 3.41. The molecule has 1 N–H and O–H groups in total. The first-order valence-corrected chi connectivity index (χ1v) is 8.69. The molecule has 2 saturated carbocycles. The van der Waals surface area contributed by atoms with Gasteiger partial charge in [-0.1, -0.05) is 11.8 Å². The van der Waals surface area contributed by atoms with E-state index in [9.17, 15) is 9.90 Å². The summed E-state index contributed by atoms with van der Waals surface area (Å²) in [4.78, 5) is 14.3. The molecule has 3 atom stereocenters. The molecule has 2 aliphatic carbocycles. The van der Waals surface area contributed by atoms with Crippen LogP contribution in [0, 0.1) is 11.8 Å². The van der Waals surface area contributed by atoms with Gasteiger partial charge in [-0.05, 0) is 31.6 Å². The predicted molar refractivity (Wildman–Crippen MR) is 77.8 cm³/mol. The summed E-state index contributed by atoms with van der Waals surface area (Å²) in [6, 6.07) is 0.541. The second kappa shape index (κ2) is 5.28. The highest BCUT2D eigenvalue weighted by Crippen LogP contribution is 2.39. The Hall–Kier alpha value is -1.08. The molecule has 3 aliphatic rings. The van der Waals surface area contributed by atoms with Crippen molar-refractivity contribution >= 4 is 17.7 Å². The molecule has 1 aromatic heterocycles. The third-order valence-electron chi connectivity index (χ3n) is 4.98. The smallest absolute Gasteiger partial charge is 0.233 e. The molecule has 4 rings (SSSR count). The van der Waals surface area contributed by atoms with Gasteiger partial charge >= 0.3 is 0 Å². The van der Waals surface area contributed by atoms with Crippen molar-refractivity contribution in [3.05, 3.63) is 6.33 Å². The van der Waals surface area contributed by atoms with Gasteiger partial charge < -0.3 is 14.6 Å². The molecular weight excluding hydrogens is 288 g/mol. The fraction of sp³-hybridized carbons (Fsp3) is 0.786. The SMILES string of the molecule is O=C(CSc1nncn1C1CC1)N1CC2CCC(O)C2C1. The number of hydrogen-bond donors (Lipinski definition) is 1.